The Kier molecular flexibility index (Phi) is 3.21. The summed E-state index contributed by atoms with van der Waals surface area (Å²) in [6, 6.07) is 4.13. The Hall–Kier alpha value is -3.09. The lowest BCUT2D eigenvalue weighted by molar-refractivity contribution is 0.370. The minimum Gasteiger partial charge on any atom is -0.507 e. The molecule has 0 atom stereocenters. The lowest BCUT2D eigenvalue weighted by Gasteiger charge is -2.16. The molecule has 0 amide bonds. The summed E-state index contributed by atoms with van der Waals surface area (Å²) in [6.45, 7) is 0. The molecule has 3 aromatic rings. The average Bonchev–Trinajstić information content (AvgIpc) is 2.53. The van der Waals surface area contributed by atoms with Crippen LogP contribution in [0.25, 0.3) is 21.8 Å². The van der Waals surface area contributed by atoms with E-state index >= 15 is 0 Å². The minimum absolute atomic E-state index is 0.0201. The van der Waals surface area contributed by atoms with E-state index in [1.807, 2.05) is 0 Å². The van der Waals surface area contributed by atoms with Crippen LogP contribution >= 0.6 is 0 Å². The first-order valence-corrected chi connectivity index (χ1v) is 6.73. The van der Waals surface area contributed by atoms with Crippen molar-refractivity contribution in [2.45, 2.75) is 0 Å². The van der Waals surface area contributed by atoms with Gasteiger partial charge < -0.3 is 29.4 Å². The molecule has 1 heterocycles. The highest BCUT2D eigenvalue weighted by molar-refractivity contribution is 6.02. The quantitative estimate of drug-likeness (QED) is 0.492. The summed E-state index contributed by atoms with van der Waals surface area (Å²) in [6.07, 6.45) is 0. The predicted molar refractivity (Wildman–Crippen MR) is 84.8 cm³/mol. The molecule has 0 radical (unpaired) electrons. The molecule has 23 heavy (non-hydrogen) atoms. The van der Waals surface area contributed by atoms with Crippen LogP contribution in [-0.2, 0) is 7.05 Å². The van der Waals surface area contributed by atoms with Crippen molar-refractivity contribution in [1.82, 2.24) is 4.57 Å². The Morgan fingerprint density at radius 1 is 0.957 bits per heavy atom. The second-order valence-electron chi connectivity index (χ2n) is 5.07. The number of ether oxygens (including phenoxy) is 2. The zero-order chi connectivity index (χ0) is 16.9. The van der Waals surface area contributed by atoms with Gasteiger partial charge in [-0.2, -0.15) is 0 Å². The molecule has 7 heteroatoms. The lowest BCUT2D eigenvalue weighted by Crippen LogP contribution is -2.10. The zero-order valence-corrected chi connectivity index (χ0v) is 12.7. The number of methoxy groups -OCH3 is 2. The third-order valence-electron chi connectivity index (χ3n) is 3.91. The van der Waals surface area contributed by atoms with Gasteiger partial charge in [-0.25, -0.2) is 0 Å². The van der Waals surface area contributed by atoms with Crippen LogP contribution in [0.4, 0.5) is 0 Å². The Labute approximate surface area is 130 Å². The lowest BCUT2D eigenvalue weighted by atomic mass is 10.1. The number of phenolic OH excluding ortho intramolecular Hbond substituents is 3. The summed E-state index contributed by atoms with van der Waals surface area (Å²) in [5.41, 5.74) is -0.269. The van der Waals surface area contributed by atoms with Gasteiger partial charge >= 0.3 is 0 Å². The van der Waals surface area contributed by atoms with Gasteiger partial charge in [-0.3, -0.25) is 4.79 Å². The first kappa shape index (κ1) is 14.8. The molecule has 2 aromatic carbocycles. The molecule has 120 valence electrons. The SMILES string of the molecule is COc1ccc2c(=O)c3c(O)cc(OC)c(O)c3n(C)c2c1O. The van der Waals surface area contributed by atoms with Crippen LogP contribution in [0, 0.1) is 0 Å². The summed E-state index contributed by atoms with van der Waals surface area (Å²) in [4.78, 5) is 12.7. The number of rotatable bonds is 2. The third-order valence-corrected chi connectivity index (χ3v) is 3.91. The minimum atomic E-state index is -0.512. The maximum absolute atomic E-state index is 12.7. The highest BCUT2D eigenvalue weighted by atomic mass is 16.5. The number of phenols is 3. The van der Waals surface area contributed by atoms with E-state index in [4.69, 9.17) is 9.47 Å². The van der Waals surface area contributed by atoms with Gasteiger partial charge in [0.05, 0.1) is 30.5 Å². The van der Waals surface area contributed by atoms with Crippen LogP contribution in [0.15, 0.2) is 23.0 Å². The molecule has 0 spiro atoms. The van der Waals surface area contributed by atoms with Gasteiger partial charge in [-0.1, -0.05) is 0 Å². The Balaban J connectivity index is 2.68. The van der Waals surface area contributed by atoms with Gasteiger partial charge in [-0.05, 0) is 12.1 Å². The molecule has 0 bridgehead atoms. The molecule has 0 saturated carbocycles. The number of nitrogens with zero attached hydrogens (tertiary/aromatic N) is 1. The zero-order valence-electron chi connectivity index (χ0n) is 12.7. The van der Waals surface area contributed by atoms with Gasteiger partial charge in [0.25, 0.3) is 0 Å². The van der Waals surface area contributed by atoms with Crippen molar-refractivity contribution in [2.75, 3.05) is 14.2 Å². The standard InChI is InChI=1S/C16H15NO6/c1-17-12-7(4-5-9(22-2)15(12)20)14(19)11-8(18)6-10(23-3)16(21)13(11)17/h4-6,18,20-21H,1-3H3. The van der Waals surface area contributed by atoms with Gasteiger partial charge in [0.2, 0.25) is 5.43 Å². The Bertz CT molecular complexity index is 1010. The number of aromatic hydroxyl groups is 3. The van der Waals surface area contributed by atoms with E-state index in [0.29, 0.717) is 0 Å². The first-order chi connectivity index (χ1) is 10.9. The van der Waals surface area contributed by atoms with Crippen LogP contribution in [0.3, 0.4) is 0 Å². The van der Waals surface area contributed by atoms with E-state index in [2.05, 4.69) is 0 Å². The van der Waals surface area contributed by atoms with Crippen molar-refractivity contribution in [3.8, 4) is 28.7 Å². The number of hydrogen-bond acceptors (Lipinski definition) is 6. The van der Waals surface area contributed by atoms with Crippen molar-refractivity contribution in [3.63, 3.8) is 0 Å². The average molecular weight is 317 g/mol. The topological polar surface area (TPSA) is 101 Å². The van der Waals surface area contributed by atoms with E-state index in [0.717, 1.165) is 0 Å². The van der Waals surface area contributed by atoms with E-state index < -0.39 is 5.43 Å². The Morgan fingerprint density at radius 3 is 2.17 bits per heavy atom. The van der Waals surface area contributed by atoms with E-state index in [-0.39, 0.29) is 50.6 Å². The number of benzene rings is 2. The van der Waals surface area contributed by atoms with Gasteiger partial charge in [0.15, 0.2) is 23.0 Å². The van der Waals surface area contributed by atoms with Crippen LogP contribution in [0.2, 0.25) is 0 Å². The molecule has 0 aliphatic rings. The fraction of sp³-hybridized carbons (Fsp3) is 0.188. The molecule has 0 saturated heterocycles. The molecule has 7 nitrogen and oxygen atoms in total. The molecule has 0 aliphatic heterocycles. The maximum Gasteiger partial charge on any atom is 0.201 e. The maximum atomic E-state index is 12.7. The second kappa shape index (κ2) is 4.98. The van der Waals surface area contributed by atoms with Crippen molar-refractivity contribution >= 4 is 21.8 Å². The van der Waals surface area contributed by atoms with E-state index in [9.17, 15) is 20.1 Å². The van der Waals surface area contributed by atoms with Crippen LogP contribution in [-0.4, -0.2) is 34.1 Å². The van der Waals surface area contributed by atoms with E-state index in [1.165, 1.54) is 37.0 Å². The summed E-state index contributed by atoms with van der Waals surface area (Å²) in [7, 11) is 4.29. The fourth-order valence-electron chi connectivity index (χ4n) is 2.82. The van der Waals surface area contributed by atoms with Gasteiger partial charge in [0.1, 0.15) is 11.3 Å². The highest BCUT2D eigenvalue weighted by Gasteiger charge is 2.21. The van der Waals surface area contributed by atoms with Gasteiger partial charge in [0, 0.05) is 13.1 Å². The predicted octanol–water partition coefficient (Wildman–Crippen LogP) is 1.83. The number of aromatic nitrogens is 1. The molecular formula is C16H15NO6. The molecule has 3 N–H and O–H groups in total. The van der Waals surface area contributed by atoms with Crippen LogP contribution in [0.5, 0.6) is 28.7 Å². The van der Waals surface area contributed by atoms with E-state index in [1.54, 1.807) is 7.05 Å². The molecule has 0 unspecified atom stereocenters. The summed E-state index contributed by atoms with van der Waals surface area (Å²) >= 11 is 0. The molecule has 3 rings (SSSR count). The fourth-order valence-corrected chi connectivity index (χ4v) is 2.82. The van der Waals surface area contributed by atoms with Gasteiger partial charge in [-0.15, -0.1) is 0 Å². The molecule has 0 fully saturated rings. The first-order valence-electron chi connectivity index (χ1n) is 6.73. The summed E-state index contributed by atoms with van der Waals surface area (Å²) in [5.74, 6) is -0.630. The summed E-state index contributed by atoms with van der Waals surface area (Å²) < 4.78 is 11.5. The number of pyridine rings is 1. The van der Waals surface area contributed by atoms with Crippen molar-refractivity contribution < 1.29 is 24.8 Å². The van der Waals surface area contributed by atoms with Crippen molar-refractivity contribution in [1.29, 1.82) is 0 Å². The molecule has 1 aromatic heterocycles. The largest absolute Gasteiger partial charge is 0.507 e. The smallest absolute Gasteiger partial charge is 0.201 e. The normalized spacial score (nSPS) is 11.1. The number of aryl methyl sites for hydroxylation is 1. The third kappa shape index (κ3) is 1.86. The van der Waals surface area contributed by atoms with Crippen molar-refractivity contribution in [2.24, 2.45) is 7.05 Å². The van der Waals surface area contributed by atoms with Crippen molar-refractivity contribution in [3.05, 3.63) is 28.4 Å². The monoisotopic (exact) mass is 317 g/mol. The van der Waals surface area contributed by atoms with Crippen LogP contribution in [0.1, 0.15) is 0 Å². The number of fused-ring (bicyclic) bond motifs is 2. The molecule has 0 aliphatic carbocycles. The number of hydrogen-bond donors (Lipinski definition) is 3. The Morgan fingerprint density at radius 2 is 1.57 bits per heavy atom. The second-order valence-corrected chi connectivity index (χ2v) is 5.07. The van der Waals surface area contributed by atoms with Crippen LogP contribution < -0.4 is 14.9 Å². The molecular weight excluding hydrogens is 302 g/mol. The summed E-state index contributed by atoms with van der Waals surface area (Å²) in [5, 5.41) is 31.0. The highest BCUT2D eigenvalue weighted by Crippen LogP contribution is 2.42.